The highest BCUT2D eigenvalue weighted by atomic mass is 19.1. The van der Waals surface area contributed by atoms with E-state index >= 15 is 0 Å². The van der Waals surface area contributed by atoms with Crippen LogP contribution in [0.5, 0.6) is 0 Å². The first kappa shape index (κ1) is 14.0. The Morgan fingerprint density at radius 3 is 2.61 bits per heavy atom. The predicted octanol–water partition coefficient (Wildman–Crippen LogP) is 1.49. The minimum Gasteiger partial charge on any atom is -0.481 e. The quantitative estimate of drug-likeness (QED) is 0.673. The Morgan fingerprint density at radius 1 is 1.22 bits per heavy atom. The van der Waals surface area contributed by atoms with Crippen LogP contribution in [0.1, 0.15) is 18.4 Å². The zero-order valence-corrected chi connectivity index (χ0v) is 9.78. The third kappa shape index (κ3) is 5.29. The highest BCUT2D eigenvalue weighted by molar-refractivity contribution is 5.73. The van der Waals surface area contributed by atoms with Gasteiger partial charge in [0.2, 0.25) is 0 Å². The van der Waals surface area contributed by atoms with E-state index in [9.17, 15) is 14.0 Å². The van der Waals surface area contributed by atoms with E-state index in [1.165, 1.54) is 6.07 Å². The fourth-order valence-electron chi connectivity index (χ4n) is 1.32. The number of hydrogen-bond donors (Lipinski definition) is 3. The molecule has 18 heavy (non-hydrogen) atoms. The third-order valence-electron chi connectivity index (χ3n) is 2.25. The summed E-state index contributed by atoms with van der Waals surface area (Å²) in [6, 6.07) is 5.72. The van der Waals surface area contributed by atoms with Gasteiger partial charge in [-0.05, 0) is 12.5 Å². The van der Waals surface area contributed by atoms with Crippen molar-refractivity contribution in [2.24, 2.45) is 0 Å². The summed E-state index contributed by atoms with van der Waals surface area (Å²) < 4.78 is 13.2. The summed E-state index contributed by atoms with van der Waals surface area (Å²) in [5.41, 5.74) is 0.401. The largest absolute Gasteiger partial charge is 0.481 e. The van der Waals surface area contributed by atoms with Gasteiger partial charge >= 0.3 is 12.0 Å². The molecular formula is C12H15FN2O3. The van der Waals surface area contributed by atoms with Crippen LogP contribution in [-0.4, -0.2) is 23.7 Å². The number of benzene rings is 1. The average molecular weight is 254 g/mol. The smallest absolute Gasteiger partial charge is 0.315 e. The summed E-state index contributed by atoms with van der Waals surface area (Å²) in [6.07, 6.45) is 0.371. The van der Waals surface area contributed by atoms with E-state index in [-0.39, 0.29) is 25.3 Å². The van der Waals surface area contributed by atoms with Gasteiger partial charge in [-0.25, -0.2) is 9.18 Å². The first-order chi connectivity index (χ1) is 8.59. The number of carboxylic acids is 1. The number of halogens is 1. The number of amides is 2. The van der Waals surface area contributed by atoms with Gasteiger partial charge in [0.1, 0.15) is 5.82 Å². The number of carbonyl (C=O) groups is 2. The molecule has 0 aliphatic heterocycles. The minimum absolute atomic E-state index is 0.00753. The molecular weight excluding hydrogens is 239 g/mol. The van der Waals surface area contributed by atoms with Crippen LogP contribution in [0.25, 0.3) is 0 Å². The molecule has 0 saturated carbocycles. The van der Waals surface area contributed by atoms with Gasteiger partial charge < -0.3 is 15.7 Å². The molecule has 0 aliphatic carbocycles. The molecule has 0 saturated heterocycles. The topological polar surface area (TPSA) is 78.4 Å². The molecule has 0 spiro atoms. The average Bonchev–Trinajstić information content (AvgIpc) is 2.33. The Morgan fingerprint density at radius 2 is 1.94 bits per heavy atom. The van der Waals surface area contributed by atoms with Crippen molar-refractivity contribution in [3.63, 3.8) is 0 Å². The maximum absolute atomic E-state index is 13.2. The molecule has 6 heteroatoms. The third-order valence-corrected chi connectivity index (χ3v) is 2.25. The lowest BCUT2D eigenvalue weighted by Crippen LogP contribution is -2.35. The van der Waals surface area contributed by atoms with E-state index in [4.69, 9.17) is 5.11 Å². The highest BCUT2D eigenvalue weighted by Crippen LogP contribution is 2.05. The molecule has 1 aromatic carbocycles. The molecule has 0 aromatic heterocycles. The van der Waals surface area contributed by atoms with Crippen molar-refractivity contribution in [2.75, 3.05) is 6.54 Å². The Bertz CT molecular complexity index is 424. The maximum Gasteiger partial charge on any atom is 0.315 e. The highest BCUT2D eigenvalue weighted by Gasteiger charge is 2.04. The Balaban J connectivity index is 2.21. The van der Waals surface area contributed by atoms with E-state index in [1.807, 2.05) is 0 Å². The molecule has 0 heterocycles. The minimum atomic E-state index is -0.899. The molecule has 0 unspecified atom stereocenters. The van der Waals surface area contributed by atoms with Crippen molar-refractivity contribution in [3.8, 4) is 0 Å². The van der Waals surface area contributed by atoms with Crippen LogP contribution in [0.2, 0.25) is 0 Å². The number of nitrogens with one attached hydrogen (secondary N) is 2. The molecule has 0 atom stereocenters. The molecule has 0 bridgehead atoms. The fraction of sp³-hybridized carbons (Fsp3) is 0.333. The van der Waals surface area contributed by atoms with Crippen LogP contribution in [0.15, 0.2) is 24.3 Å². The van der Waals surface area contributed by atoms with Gasteiger partial charge in [-0.2, -0.15) is 0 Å². The second-order valence-corrected chi connectivity index (χ2v) is 3.70. The van der Waals surface area contributed by atoms with Crippen LogP contribution in [0.4, 0.5) is 9.18 Å². The second kappa shape index (κ2) is 7.26. The van der Waals surface area contributed by atoms with E-state index < -0.39 is 12.0 Å². The Labute approximate surface area is 104 Å². The lowest BCUT2D eigenvalue weighted by Gasteiger charge is -2.07. The van der Waals surface area contributed by atoms with Crippen LogP contribution >= 0.6 is 0 Å². The summed E-state index contributed by atoms with van der Waals surface area (Å²) in [7, 11) is 0. The molecule has 2 amide bonds. The zero-order chi connectivity index (χ0) is 13.4. The van der Waals surface area contributed by atoms with Gasteiger partial charge in [0, 0.05) is 25.1 Å². The van der Waals surface area contributed by atoms with Crippen LogP contribution in [0, 0.1) is 5.82 Å². The first-order valence-electron chi connectivity index (χ1n) is 5.56. The van der Waals surface area contributed by atoms with Gasteiger partial charge in [0.25, 0.3) is 0 Å². The van der Waals surface area contributed by atoms with Gasteiger partial charge in [-0.3, -0.25) is 4.79 Å². The summed E-state index contributed by atoms with van der Waals surface area (Å²) in [4.78, 5) is 21.5. The Hall–Kier alpha value is -2.11. The SMILES string of the molecule is O=C(O)CCCNC(=O)NCc1ccccc1F. The molecule has 98 valence electrons. The molecule has 1 aromatic rings. The number of hydrogen-bond acceptors (Lipinski definition) is 2. The van der Waals surface area contributed by atoms with Crippen LogP contribution < -0.4 is 10.6 Å². The van der Waals surface area contributed by atoms with Crippen molar-refractivity contribution in [1.29, 1.82) is 0 Å². The predicted molar refractivity (Wildman–Crippen MR) is 63.5 cm³/mol. The normalized spacial score (nSPS) is 9.83. The lowest BCUT2D eigenvalue weighted by molar-refractivity contribution is -0.137. The molecule has 5 nitrogen and oxygen atoms in total. The van der Waals surface area contributed by atoms with Crippen molar-refractivity contribution >= 4 is 12.0 Å². The molecule has 0 aliphatic rings. The monoisotopic (exact) mass is 254 g/mol. The molecule has 0 fully saturated rings. The summed E-state index contributed by atoms with van der Waals surface area (Å²) >= 11 is 0. The van der Waals surface area contributed by atoms with Crippen molar-refractivity contribution in [1.82, 2.24) is 10.6 Å². The summed E-state index contributed by atoms with van der Waals surface area (Å²) in [5, 5.41) is 13.4. The summed E-state index contributed by atoms with van der Waals surface area (Å²) in [6.45, 7) is 0.368. The lowest BCUT2D eigenvalue weighted by atomic mass is 10.2. The van der Waals surface area contributed by atoms with Crippen LogP contribution in [0.3, 0.4) is 0 Å². The van der Waals surface area contributed by atoms with E-state index in [2.05, 4.69) is 10.6 Å². The second-order valence-electron chi connectivity index (χ2n) is 3.70. The molecule has 3 N–H and O–H groups in total. The maximum atomic E-state index is 13.2. The first-order valence-corrected chi connectivity index (χ1v) is 5.56. The van der Waals surface area contributed by atoms with Gasteiger partial charge in [-0.1, -0.05) is 18.2 Å². The number of carbonyl (C=O) groups excluding carboxylic acids is 1. The summed E-state index contributed by atoms with van der Waals surface area (Å²) in [5.74, 6) is -1.27. The van der Waals surface area contributed by atoms with E-state index in [1.54, 1.807) is 18.2 Å². The van der Waals surface area contributed by atoms with Gasteiger partial charge in [-0.15, -0.1) is 0 Å². The van der Waals surface area contributed by atoms with Crippen molar-refractivity contribution in [2.45, 2.75) is 19.4 Å². The van der Waals surface area contributed by atoms with Crippen LogP contribution in [-0.2, 0) is 11.3 Å². The fourth-order valence-corrected chi connectivity index (χ4v) is 1.32. The zero-order valence-electron chi connectivity index (χ0n) is 9.78. The molecule has 0 radical (unpaired) electrons. The van der Waals surface area contributed by atoms with E-state index in [0.29, 0.717) is 12.0 Å². The Kier molecular flexibility index (Phi) is 5.63. The van der Waals surface area contributed by atoms with E-state index in [0.717, 1.165) is 0 Å². The molecule has 1 rings (SSSR count). The standard InChI is InChI=1S/C12H15FN2O3/c13-10-5-2-1-4-9(10)8-15-12(18)14-7-3-6-11(16)17/h1-2,4-5H,3,6-8H2,(H,16,17)(H2,14,15,18). The van der Waals surface area contributed by atoms with Gasteiger partial charge in [0.05, 0.1) is 0 Å². The number of aliphatic carboxylic acids is 1. The van der Waals surface area contributed by atoms with Crippen molar-refractivity contribution in [3.05, 3.63) is 35.6 Å². The van der Waals surface area contributed by atoms with Crippen molar-refractivity contribution < 1.29 is 19.1 Å². The van der Waals surface area contributed by atoms with Gasteiger partial charge in [0.15, 0.2) is 0 Å². The number of urea groups is 1. The number of carboxylic acid groups (broad SMARTS) is 1. The number of rotatable bonds is 6.